The fraction of sp³-hybridized carbons (Fsp3) is 0.219. The third-order valence-electron chi connectivity index (χ3n) is 7.31. The maximum atomic E-state index is 14.4. The molecule has 1 fully saturated rings. The van der Waals surface area contributed by atoms with Crippen molar-refractivity contribution in [3.8, 4) is 11.5 Å². The summed E-state index contributed by atoms with van der Waals surface area (Å²) in [6.45, 7) is 0.0200. The Hall–Kier alpha value is -5.10. The third-order valence-corrected chi connectivity index (χ3v) is 8.46. The van der Waals surface area contributed by atoms with E-state index in [2.05, 4.69) is 0 Å². The summed E-state index contributed by atoms with van der Waals surface area (Å²) >= 11 is 0.857. The van der Waals surface area contributed by atoms with Gasteiger partial charge in [0.25, 0.3) is 11.8 Å². The van der Waals surface area contributed by atoms with Crippen molar-refractivity contribution in [3.63, 3.8) is 0 Å². The number of ether oxygens (including phenoxy) is 4. The molecule has 226 valence electrons. The molecule has 0 bridgehead atoms. The number of rotatable bonds is 7. The third kappa shape index (κ3) is 5.17. The van der Waals surface area contributed by atoms with Gasteiger partial charge in [0.05, 0.1) is 34.1 Å². The van der Waals surface area contributed by atoms with Gasteiger partial charge in [0, 0.05) is 24.2 Å². The summed E-state index contributed by atoms with van der Waals surface area (Å²) < 4.78 is 20.8. The van der Waals surface area contributed by atoms with E-state index in [0.717, 1.165) is 18.9 Å². The SMILES string of the molecule is COC(=O)C1=C(C(=O)OC)C2(C(=Nc3ccccc3)S1)N(C(=O)c1ccc(OC)cc1)CCN2C(=O)c1ccc(OC)cc1. The van der Waals surface area contributed by atoms with Crippen LogP contribution in [-0.2, 0) is 19.1 Å². The van der Waals surface area contributed by atoms with Gasteiger partial charge in [-0.2, -0.15) is 0 Å². The molecule has 3 aromatic carbocycles. The molecule has 3 aromatic rings. The summed E-state index contributed by atoms with van der Waals surface area (Å²) in [6.07, 6.45) is 0. The van der Waals surface area contributed by atoms with Crippen LogP contribution in [0.1, 0.15) is 20.7 Å². The van der Waals surface area contributed by atoms with Gasteiger partial charge in [-0.15, -0.1) is 0 Å². The lowest BCUT2D eigenvalue weighted by molar-refractivity contribution is -0.139. The van der Waals surface area contributed by atoms with Crippen LogP contribution in [0.15, 0.2) is 94.3 Å². The van der Waals surface area contributed by atoms with Gasteiger partial charge in [0.15, 0.2) is 0 Å². The Bertz CT molecular complexity index is 1590. The molecule has 44 heavy (non-hydrogen) atoms. The zero-order valence-electron chi connectivity index (χ0n) is 24.4. The number of esters is 2. The Balaban J connectivity index is 1.80. The van der Waals surface area contributed by atoms with Crippen LogP contribution in [0.25, 0.3) is 0 Å². The monoisotopic (exact) mass is 615 g/mol. The molecule has 1 saturated heterocycles. The van der Waals surface area contributed by atoms with E-state index in [-0.39, 0.29) is 39.7 Å². The van der Waals surface area contributed by atoms with Crippen LogP contribution < -0.4 is 9.47 Å². The van der Waals surface area contributed by atoms with Crippen LogP contribution in [0.2, 0.25) is 0 Å². The van der Waals surface area contributed by atoms with E-state index in [1.54, 1.807) is 72.8 Å². The first kappa shape index (κ1) is 30.4. The van der Waals surface area contributed by atoms with Crippen molar-refractivity contribution in [1.29, 1.82) is 0 Å². The van der Waals surface area contributed by atoms with Crippen molar-refractivity contribution in [2.45, 2.75) is 5.66 Å². The molecule has 0 atom stereocenters. The highest BCUT2D eigenvalue weighted by atomic mass is 32.2. The van der Waals surface area contributed by atoms with E-state index < -0.39 is 29.4 Å². The van der Waals surface area contributed by atoms with E-state index in [9.17, 15) is 19.2 Å². The van der Waals surface area contributed by atoms with Gasteiger partial charge in [0.2, 0.25) is 5.66 Å². The van der Waals surface area contributed by atoms with E-state index in [1.807, 2.05) is 6.07 Å². The molecule has 1 spiro atoms. The van der Waals surface area contributed by atoms with Gasteiger partial charge in [-0.1, -0.05) is 30.0 Å². The summed E-state index contributed by atoms with van der Waals surface area (Å²) in [5.41, 5.74) is -1.18. The Morgan fingerprint density at radius 2 is 1.16 bits per heavy atom. The van der Waals surface area contributed by atoms with Crippen molar-refractivity contribution in [2.24, 2.45) is 4.99 Å². The second-order valence-electron chi connectivity index (χ2n) is 9.58. The Kier molecular flexibility index (Phi) is 8.72. The summed E-state index contributed by atoms with van der Waals surface area (Å²) in [7, 11) is 5.37. The second kappa shape index (κ2) is 12.6. The molecular formula is C32H29N3O8S. The number of methoxy groups -OCH3 is 4. The minimum atomic E-state index is -1.95. The number of nitrogens with zero attached hydrogens (tertiary/aromatic N) is 3. The van der Waals surface area contributed by atoms with Gasteiger partial charge in [-0.3, -0.25) is 9.59 Å². The lowest BCUT2D eigenvalue weighted by Gasteiger charge is -2.41. The summed E-state index contributed by atoms with van der Waals surface area (Å²) in [5.74, 6) is -1.69. The fourth-order valence-electron chi connectivity index (χ4n) is 5.22. The summed E-state index contributed by atoms with van der Waals surface area (Å²) in [4.78, 5) is 63.1. The number of benzene rings is 3. The van der Waals surface area contributed by atoms with E-state index in [0.29, 0.717) is 17.2 Å². The zero-order chi connectivity index (χ0) is 31.4. The van der Waals surface area contributed by atoms with Crippen LogP contribution in [0, 0.1) is 0 Å². The molecule has 0 aliphatic carbocycles. The second-order valence-corrected chi connectivity index (χ2v) is 10.6. The van der Waals surface area contributed by atoms with Gasteiger partial charge in [-0.25, -0.2) is 14.6 Å². The molecule has 2 aliphatic heterocycles. The number of amides is 2. The molecule has 5 rings (SSSR count). The minimum absolute atomic E-state index is 0.00999. The number of hydrogen-bond donors (Lipinski definition) is 0. The lowest BCUT2D eigenvalue weighted by Crippen LogP contribution is -2.62. The number of aliphatic imine (C=N–C) groups is 1. The molecule has 2 heterocycles. The maximum absolute atomic E-state index is 14.4. The van der Waals surface area contributed by atoms with Crippen molar-refractivity contribution < 1.29 is 38.1 Å². The average molecular weight is 616 g/mol. The molecular weight excluding hydrogens is 586 g/mol. The molecule has 0 N–H and O–H groups in total. The van der Waals surface area contributed by atoms with Gasteiger partial charge >= 0.3 is 11.9 Å². The topological polar surface area (TPSA) is 124 Å². The van der Waals surface area contributed by atoms with Gasteiger partial charge in [0.1, 0.15) is 27.0 Å². The van der Waals surface area contributed by atoms with Crippen LogP contribution in [0.3, 0.4) is 0 Å². The highest BCUT2D eigenvalue weighted by Gasteiger charge is 2.65. The van der Waals surface area contributed by atoms with Crippen LogP contribution in [0.4, 0.5) is 5.69 Å². The summed E-state index contributed by atoms with van der Waals surface area (Å²) in [6, 6.07) is 21.7. The number of carbonyl (C=O) groups is 4. The van der Waals surface area contributed by atoms with E-state index in [4.69, 9.17) is 23.9 Å². The van der Waals surface area contributed by atoms with Gasteiger partial charge < -0.3 is 28.7 Å². The molecule has 11 nitrogen and oxygen atoms in total. The van der Waals surface area contributed by atoms with Gasteiger partial charge in [-0.05, 0) is 60.7 Å². The molecule has 0 saturated carbocycles. The fourth-order valence-corrected chi connectivity index (χ4v) is 6.53. The average Bonchev–Trinajstić information content (AvgIpc) is 3.62. The maximum Gasteiger partial charge on any atom is 0.345 e. The van der Waals surface area contributed by atoms with Crippen molar-refractivity contribution in [3.05, 3.63) is 100 Å². The molecule has 0 radical (unpaired) electrons. The Morgan fingerprint density at radius 1 is 0.682 bits per heavy atom. The van der Waals surface area contributed by atoms with Crippen molar-refractivity contribution in [1.82, 2.24) is 9.80 Å². The van der Waals surface area contributed by atoms with Crippen molar-refractivity contribution in [2.75, 3.05) is 41.5 Å². The molecule has 0 unspecified atom stereocenters. The highest BCUT2D eigenvalue weighted by molar-refractivity contribution is 8.18. The number of para-hydroxylation sites is 1. The first-order valence-corrected chi connectivity index (χ1v) is 14.3. The Morgan fingerprint density at radius 3 is 1.59 bits per heavy atom. The number of hydrogen-bond acceptors (Lipinski definition) is 10. The Labute approximate surface area is 258 Å². The molecule has 0 aromatic heterocycles. The predicted molar refractivity (Wildman–Crippen MR) is 163 cm³/mol. The molecule has 2 amide bonds. The first-order valence-electron chi connectivity index (χ1n) is 13.5. The summed E-state index contributed by atoms with van der Waals surface area (Å²) in [5, 5.41) is 0.130. The standard InChI is InChI=1S/C32H29N3O8S/c1-40-23-14-10-20(11-15-23)27(36)34-18-19-35(28(37)21-12-16-24(41-2)17-13-21)32(34)25(29(38)42-3)26(30(39)43-4)44-31(32)33-22-8-6-5-7-9-22/h5-17H,18-19H2,1-4H3. The smallest absolute Gasteiger partial charge is 0.345 e. The molecule has 12 heteroatoms. The first-order chi connectivity index (χ1) is 21.3. The van der Waals surface area contributed by atoms with Crippen LogP contribution in [0.5, 0.6) is 11.5 Å². The van der Waals surface area contributed by atoms with E-state index in [1.165, 1.54) is 31.1 Å². The quantitative estimate of drug-likeness (QED) is 0.362. The zero-order valence-corrected chi connectivity index (χ0v) is 25.3. The highest BCUT2D eigenvalue weighted by Crippen LogP contribution is 2.51. The van der Waals surface area contributed by atoms with Crippen LogP contribution in [-0.4, -0.2) is 85.8 Å². The lowest BCUT2D eigenvalue weighted by atomic mass is 9.95. The van der Waals surface area contributed by atoms with Crippen molar-refractivity contribution >= 4 is 46.2 Å². The molecule has 2 aliphatic rings. The number of thioether (sulfide) groups is 1. The van der Waals surface area contributed by atoms with Crippen LogP contribution >= 0.6 is 11.8 Å². The largest absolute Gasteiger partial charge is 0.497 e. The minimum Gasteiger partial charge on any atom is -0.497 e. The predicted octanol–water partition coefficient (Wildman–Crippen LogP) is 4.08. The normalized spacial score (nSPS) is 16.3. The number of carbonyl (C=O) groups excluding carboxylic acids is 4. The van der Waals surface area contributed by atoms with E-state index >= 15 is 0 Å².